The van der Waals surface area contributed by atoms with Crippen LogP contribution in [0.5, 0.6) is 0 Å². The molecule has 2 unspecified atom stereocenters. The van der Waals surface area contributed by atoms with E-state index in [9.17, 15) is 19.1 Å². The van der Waals surface area contributed by atoms with E-state index >= 15 is 0 Å². The molecule has 2 atom stereocenters. The summed E-state index contributed by atoms with van der Waals surface area (Å²) in [6.07, 6.45) is 1.21. The highest BCUT2D eigenvalue weighted by Crippen LogP contribution is 2.24. The first-order valence-electron chi connectivity index (χ1n) is 6.28. The van der Waals surface area contributed by atoms with Gasteiger partial charge < -0.3 is 10.0 Å². The second-order valence-electron chi connectivity index (χ2n) is 4.99. The van der Waals surface area contributed by atoms with Gasteiger partial charge in [0.25, 0.3) is 5.91 Å². The van der Waals surface area contributed by atoms with Crippen molar-refractivity contribution in [2.45, 2.75) is 25.8 Å². The number of benzene rings is 1. The van der Waals surface area contributed by atoms with E-state index in [1.807, 2.05) is 6.92 Å². The number of amides is 1. The molecule has 0 aromatic heterocycles. The van der Waals surface area contributed by atoms with Crippen molar-refractivity contribution in [3.05, 3.63) is 35.6 Å². The Morgan fingerprint density at radius 2 is 2.16 bits per heavy atom. The number of piperidine rings is 1. The molecule has 1 N–H and O–H groups in total. The summed E-state index contributed by atoms with van der Waals surface area (Å²) >= 11 is 0. The van der Waals surface area contributed by atoms with Crippen LogP contribution in [-0.2, 0) is 4.79 Å². The standard InChI is InChI=1S/C14H16FNO3/c1-9-5-6-16(12(7-9)14(18)19)13(17)10-3-2-4-11(15)8-10/h2-4,8-9,12H,5-7H2,1H3,(H,18,19). The highest BCUT2D eigenvalue weighted by atomic mass is 19.1. The third-order valence-electron chi connectivity index (χ3n) is 3.48. The van der Waals surface area contributed by atoms with Crippen LogP contribution in [0, 0.1) is 11.7 Å². The molecule has 1 aromatic rings. The Kier molecular flexibility index (Phi) is 3.83. The Morgan fingerprint density at radius 1 is 1.42 bits per heavy atom. The average molecular weight is 265 g/mol. The number of carbonyl (C=O) groups excluding carboxylic acids is 1. The lowest BCUT2D eigenvalue weighted by Crippen LogP contribution is -2.49. The zero-order valence-corrected chi connectivity index (χ0v) is 10.7. The van der Waals surface area contributed by atoms with E-state index in [2.05, 4.69) is 0 Å². The number of aliphatic carboxylic acids is 1. The van der Waals surface area contributed by atoms with Gasteiger partial charge in [-0.3, -0.25) is 4.79 Å². The van der Waals surface area contributed by atoms with Crippen molar-refractivity contribution in [1.82, 2.24) is 4.90 Å². The zero-order chi connectivity index (χ0) is 14.0. The third kappa shape index (κ3) is 2.92. The lowest BCUT2D eigenvalue weighted by Gasteiger charge is -2.36. The molecule has 1 saturated heterocycles. The number of nitrogens with zero attached hydrogens (tertiary/aromatic N) is 1. The summed E-state index contributed by atoms with van der Waals surface area (Å²) in [7, 11) is 0. The number of likely N-dealkylation sites (tertiary alicyclic amines) is 1. The van der Waals surface area contributed by atoms with Crippen LogP contribution in [0.2, 0.25) is 0 Å². The number of hydrogen-bond acceptors (Lipinski definition) is 2. The third-order valence-corrected chi connectivity index (χ3v) is 3.48. The molecule has 1 fully saturated rings. The van der Waals surface area contributed by atoms with E-state index in [1.54, 1.807) is 0 Å². The van der Waals surface area contributed by atoms with E-state index in [-0.39, 0.29) is 11.5 Å². The van der Waals surface area contributed by atoms with Gasteiger partial charge in [0.1, 0.15) is 11.9 Å². The zero-order valence-electron chi connectivity index (χ0n) is 10.7. The molecule has 0 saturated carbocycles. The van der Waals surface area contributed by atoms with Crippen LogP contribution in [-0.4, -0.2) is 34.5 Å². The molecule has 19 heavy (non-hydrogen) atoms. The Bertz CT molecular complexity index is 503. The Balaban J connectivity index is 2.24. The SMILES string of the molecule is CC1CCN(C(=O)c2cccc(F)c2)C(C(=O)O)C1. The number of carboxylic acids is 1. The number of rotatable bonds is 2. The van der Waals surface area contributed by atoms with Gasteiger partial charge in [-0.25, -0.2) is 9.18 Å². The van der Waals surface area contributed by atoms with Crippen molar-refractivity contribution in [1.29, 1.82) is 0 Å². The summed E-state index contributed by atoms with van der Waals surface area (Å²) in [5, 5.41) is 9.21. The minimum absolute atomic E-state index is 0.195. The lowest BCUT2D eigenvalue weighted by molar-refractivity contribution is -0.144. The quantitative estimate of drug-likeness (QED) is 0.891. The molecular weight excluding hydrogens is 249 g/mol. The van der Waals surface area contributed by atoms with Crippen LogP contribution in [0.4, 0.5) is 4.39 Å². The molecule has 0 aliphatic carbocycles. The van der Waals surface area contributed by atoms with E-state index in [0.29, 0.717) is 13.0 Å². The maximum absolute atomic E-state index is 13.1. The Hall–Kier alpha value is -1.91. The summed E-state index contributed by atoms with van der Waals surface area (Å²) in [4.78, 5) is 24.8. The highest BCUT2D eigenvalue weighted by molar-refractivity contribution is 5.96. The fourth-order valence-electron chi connectivity index (χ4n) is 2.41. The lowest BCUT2D eigenvalue weighted by atomic mass is 9.92. The molecule has 4 nitrogen and oxygen atoms in total. The summed E-state index contributed by atoms with van der Waals surface area (Å²) < 4.78 is 13.1. The molecule has 0 radical (unpaired) electrons. The summed E-state index contributed by atoms with van der Waals surface area (Å²) in [6, 6.07) is 4.52. The smallest absolute Gasteiger partial charge is 0.326 e. The van der Waals surface area contributed by atoms with E-state index in [4.69, 9.17) is 0 Å². The van der Waals surface area contributed by atoms with Crippen molar-refractivity contribution >= 4 is 11.9 Å². The van der Waals surface area contributed by atoms with E-state index < -0.39 is 23.7 Å². The number of halogens is 1. The maximum Gasteiger partial charge on any atom is 0.326 e. The number of hydrogen-bond donors (Lipinski definition) is 1. The molecular formula is C14H16FNO3. The predicted octanol–water partition coefficient (Wildman–Crippen LogP) is 2.15. The van der Waals surface area contributed by atoms with Crippen molar-refractivity contribution < 1.29 is 19.1 Å². The monoisotopic (exact) mass is 265 g/mol. The van der Waals surface area contributed by atoms with Gasteiger partial charge in [-0.05, 0) is 37.0 Å². The molecule has 1 heterocycles. The summed E-state index contributed by atoms with van der Waals surface area (Å²) in [5.41, 5.74) is 0.195. The van der Waals surface area contributed by atoms with E-state index in [0.717, 1.165) is 12.5 Å². The molecule has 1 aromatic carbocycles. The van der Waals surface area contributed by atoms with Gasteiger partial charge in [-0.15, -0.1) is 0 Å². The molecule has 102 valence electrons. The number of carbonyl (C=O) groups is 2. The van der Waals surface area contributed by atoms with Crippen molar-refractivity contribution in [2.24, 2.45) is 5.92 Å². The van der Waals surface area contributed by atoms with Crippen LogP contribution in [0.25, 0.3) is 0 Å². The average Bonchev–Trinajstić information content (AvgIpc) is 2.37. The van der Waals surface area contributed by atoms with E-state index in [1.165, 1.54) is 23.1 Å². The first-order chi connectivity index (χ1) is 8.99. The van der Waals surface area contributed by atoms with Crippen LogP contribution in [0.3, 0.4) is 0 Å². The fourth-order valence-corrected chi connectivity index (χ4v) is 2.41. The van der Waals surface area contributed by atoms with Gasteiger partial charge in [0.2, 0.25) is 0 Å². The predicted molar refractivity (Wildman–Crippen MR) is 67.3 cm³/mol. The van der Waals surface area contributed by atoms with Crippen molar-refractivity contribution in [3.8, 4) is 0 Å². The van der Waals surface area contributed by atoms with Gasteiger partial charge in [0.05, 0.1) is 0 Å². The minimum atomic E-state index is -1.00. The molecule has 0 bridgehead atoms. The first-order valence-corrected chi connectivity index (χ1v) is 6.28. The van der Waals surface area contributed by atoms with Crippen LogP contribution in [0.1, 0.15) is 30.1 Å². The molecule has 5 heteroatoms. The second-order valence-corrected chi connectivity index (χ2v) is 4.99. The maximum atomic E-state index is 13.1. The van der Waals surface area contributed by atoms with Gasteiger partial charge in [0, 0.05) is 12.1 Å². The van der Waals surface area contributed by atoms with Gasteiger partial charge in [-0.2, -0.15) is 0 Å². The molecule has 1 amide bonds. The molecule has 1 aliphatic rings. The fraction of sp³-hybridized carbons (Fsp3) is 0.429. The van der Waals surface area contributed by atoms with Crippen LogP contribution >= 0.6 is 0 Å². The van der Waals surface area contributed by atoms with Gasteiger partial charge in [0.15, 0.2) is 0 Å². The largest absolute Gasteiger partial charge is 0.480 e. The minimum Gasteiger partial charge on any atom is -0.480 e. The van der Waals surface area contributed by atoms with Crippen LogP contribution in [0.15, 0.2) is 24.3 Å². The molecule has 2 rings (SSSR count). The normalized spacial score (nSPS) is 23.2. The molecule has 0 spiro atoms. The van der Waals surface area contributed by atoms with Crippen LogP contribution < -0.4 is 0 Å². The van der Waals surface area contributed by atoms with Gasteiger partial charge >= 0.3 is 5.97 Å². The summed E-state index contributed by atoms with van der Waals surface area (Å²) in [6.45, 7) is 2.37. The van der Waals surface area contributed by atoms with Gasteiger partial charge in [-0.1, -0.05) is 13.0 Å². The second kappa shape index (κ2) is 5.38. The number of carboxylic acid groups (broad SMARTS) is 1. The first kappa shape index (κ1) is 13.5. The topological polar surface area (TPSA) is 57.6 Å². The summed E-state index contributed by atoms with van der Waals surface area (Å²) in [5.74, 6) is -1.64. The Morgan fingerprint density at radius 3 is 2.79 bits per heavy atom. The Labute approximate surface area is 110 Å². The highest BCUT2D eigenvalue weighted by Gasteiger charge is 2.35. The van der Waals surface area contributed by atoms with Crippen molar-refractivity contribution in [2.75, 3.05) is 6.54 Å². The molecule has 1 aliphatic heterocycles. The van der Waals surface area contributed by atoms with Crippen molar-refractivity contribution in [3.63, 3.8) is 0 Å².